The van der Waals surface area contributed by atoms with Crippen LogP contribution in [0.25, 0.3) is 0 Å². The number of aliphatic carboxylic acids is 1. The van der Waals surface area contributed by atoms with E-state index < -0.39 is 5.97 Å². The van der Waals surface area contributed by atoms with E-state index in [-0.39, 0.29) is 18.5 Å². The van der Waals surface area contributed by atoms with Crippen LogP contribution in [0.1, 0.15) is 31.2 Å². The number of rotatable bonds is 7. The smallest absolute Gasteiger partial charge is 0.317 e. The van der Waals surface area contributed by atoms with Gasteiger partial charge in [0.15, 0.2) is 0 Å². The Bertz CT molecular complexity index is 547. The lowest BCUT2D eigenvalue weighted by atomic mass is 10.0. The summed E-state index contributed by atoms with van der Waals surface area (Å²) in [7, 11) is 1.65. The van der Waals surface area contributed by atoms with Crippen molar-refractivity contribution in [2.75, 3.05) is 20.2 Å². The van der Waals surface area contributed by atoms with E-state index in [1.54, 1.807) is 7.11 Å². The summed E-state index contributed by atoms with van der Waals surface area (Å²) < 4.78 is 5.38. The topological polar surface area (TPSA) is 78.9 Å². The van der Waals surface area contributed by atoms with Gasteiger partial charge in [-0.3, -0.25) is 4.79 Å². The molecule has 0 aliphatic carbocycles. The predicted molar refractivity (Wildman–Crippen MR) is 86.7 cm³/mol. The Kier molecular flexibility index (Phi) is 6.26. The summed E-state index contributed by atoms with van der Waals surface area (Å²) in [6.45, 7) is 1.13. The minimum atomic E-state index is -0.838. The molecule has 1 aromatic carbocycles. The third-order valence-corrected chi connectivity index (χ3v) is 4.13. The van der Waals surface area contributed by atoms with Crippen LogP contribution < -0.4 is 10.1 Å². The molecular formula is C17H24N2O4. The first kappa shape index (κ1) is 17.1. The van der Waals surface area contributed by atoms with Gasteiger partial charge >= 0.3 is 12.0 Å². The number of hydrogen-bond acceptors (Lipinski definition) is 3. The van der Waals surface area contributed by atoms with Gasteiger partial charge in [-0.1, -0.05) is 18.2 Å². The van der Waals surface area contributed by atoms with Crippen molar-refractivity contribution < 1.29 is 19.4 Å². The fraction of sp³-hybridized carbons (Fsp3) is 0.529. The van der Waals surface area contributed by atoms with Gasteiger partial charge < -0.3 is 20.1 Å². The van der Waals surface area contributed by atoms with E-state index in [0.29, 0.717) is 13.0 Å². The van der Waals surface area contributed by atoms with E-state index in [1.807, 2.05) is 29.2 Å². The van der Waals surface area contributed by atoms with Crippen LogP contribution in [0.5, 0.6) is 5.75 Å². The zero-order chi connectivity index (χ0) is 16.7. The molecule has 126 valence electrons. The second kappa shape index (κ2) is 8.41. The van der Waals surface area contributed by atoms with E-state index in [0.717, 1.165) is 37.1 Å². The summed E-state index contributed by atoms with van der Waals surface area (Å²) in [5.41, 5.74) is 1.10. The van der Waals surface area contributed by atoms with Gasteiger partial charge in [0.05, 0.1) is 7.11 Å². The highest BCUT2D eigenvalue weighted by Crippen LogP contribution is 2.25. The Morgan fingerprint density at radius 3 is 2.91 bits per heavy atom. The van der Waals surface area contributed by atoms with Gasteiger partial charge in [-0.05, 0) is 37.3 Å². The molecule has 23 heavy (non-hydrogen) atoms. The first-order chi connectivity index (χ1) is 11.1. The van der Waals surface area contributed by atoms with Crippen molar-refractivity contribution in [3.05, 3.63) is 29.8 Å². The molecule has 0 radical (unpaired) electrons. The van der Waals surface area contributed by atoms with E-state index in [2.05, 4.69) is 5.32 Å². The molecule has 1 saturated heterocycles. The first-order valence-electron chi connectivity index (χ1n) is 8.00. The Morgan fingerprint density at radius 2 is 2.17 bits per heavy atom. The maximum Gasteiger partial charge on any atom is 0.317 e. The largest absolute Gasteiger partial charge is 0.496 e. The number of likely N-dealkylation sites (tertiary alicyclic amines) is 1. The SMILES string of the molecule is COc1ccccc1CC1CCCN1C(=O)NCCCC(=O)O. The molecule has 6 nitrogen and oxygen atoms in total. The number of carboxylic acid groups (broad SMARTS) is 1. The molecular weight excluding hydrogens is 296 g/mol. The highest BCUT2D eigenvalue weighted by Gasteiger charge is 2.29. The molecule has 1 aliphatic rings. The first-order valence-corrected chi connectivity index (χ1v) is 8.00. The maximum absolute atomic E-state index is 12.3. The number of nitrogens with one attached hydrogen (secondary N) is 1. The van der Waals surface area contributed by atoms with E-state index >= 15 is 0 Å². The fourth-order valence-electron chi connectivity index (χ4n) is 2.98. The summed E-state index contributed by atoms with van der Waals surface area (Å²) in [6, 6.07) is 7.92. The molecule has 1 heterocycles. The van der Waals surface area contributed by atoms with Crippen molar-refractivity contribution in [3.63, 3.8) is 0 Å². The van der Waals surface area contributed by atoms with E-state index in [9.17, 15) is 9.59 Å². The van der Waals surface area contributed by atoms with Crippen molar-refractivity contribution in [2.24, 2.45) is 0 Å². The number of carbonyl (C=O) groups excluding carboxylic acids is 1. The number of amides is 2. The predicted octanol–water partition coefficient (Wildman–Crippen LogP) is 2.28. The number of hydrogen-bond donors (Lipinski definition) is 2. The Morgan fingerprint density at radius 1 is 1.39 bits per heavy atom. The molecule has 1 aliphatic heterocycles. The van der Waals surface area contributed by atoms with Crippen LogP contribution in [-0.2, 0) is 11.2 Å². The average molecular weight is 320 g/mol. The summed E-state index contributed by atoms with van der Waals surface area (Å²) in [5, 5.41) is 11.4. The minimum Gasteiger partial charge on any atom is -0.496 e. The molecule has 2 N–H and O–H groups in total. The summed E-state index contributed by atoms with van der Waals surface area (Å²) in [5.74, 6) is 0.00990. The van der Waals surface area contributed by atoms with Gasteiger partial charge in [0.1, 0.15) is 5.75 Å². The molecule has 0 bridgehead atoms. The number of benzene rings is 1. The third-order valence-electron chi connectivity index (χ3n) is 4.13. The van der Waals surface area contributed by atoms with Gasteiger partial charge in [0.2, 0.25) is 0 Å². The molecule has 1 fully saturated rings. The lowest BCUT2D eigenvalue weighted by molar-refractivity contribution is -0.137. The van der Waals surface area contributed by atoms with Gasteiger partial charge in [-0.2, -0.15) is 0 Å². The number of para-hydroxylation sites is 1. The number of carboxylic acids is 1. The molecule has 6 heteroatoms. The van der Waals surface area contributed by atoms with Crippen LogP contribution in [-0.4, -0.2) is 48.2 Å². The third kappa shape index (κ3) is 4.87. The zero-order valence-electron chi connectivity index (χ0n) is 13.5. The molecule has 2 amide bonds. The van der Waals surface area contributed by atoms with Gasteiger partial charge in [0, 0.05) is 25.6 Å². The van der Waals surface area contributed by atoms with E-state index in [4.69, 9.17) is 9.84 Å². The van der Waals surface area contributed by atoms with Crippen molar-refractivity contribution in [2.45, 2.75) is 38.1 Å². The number of carbonyl (C=O) groups is 2. The van der Waals surface area contributed by atoms with Crippen LogP contribution in [0.4, 0.5) is 4.79 Å². The van der Waals surface area contributed by atoms with Gasteiger partial charge in [-0.25, -0.2) is 4.79 Å². The molecule has 0 aromatic heterocycles. The van der Waals surface area contributed by atoms with Crippen LogP contribution in [0, 0.1) is 0 Å². The second-order valence-electron chi connectivity index (χ2n) is 5.73. The molecule has 2 rings (SSSR count). The van der Waals surface area contributed by atoms with Crippen LogP contribution >= 0.6 is 0 Å². The van der Waals surface area contributed by atoms with Crippen molar-refractivity contribution in [1.82, 2.24) is 10.2 Å². The van der Waals surface area contributed by atoms with Gasteiger partial charge in [-0.15, -0.1) is 0 Å². The zero-order valence-corrected chi connectivity index (χ0v) is 13.5. The fourth-order valence-corrected chi connectivity index (χ4v) is 2.98. The number of urea groups is 1. The van der Waals surface area contributed by atoms with E-state index in [1.165, 1.54) is 0 Å². The number of ether oxygens (including phenoxy) is 1. The van der Waals surface area contributed by atoms with Crippen molar-refractivity contribution in [1.29, 1.82) is 0 Å². The second-order valence-corrected chi connectivity index (χ2v) is 5.73. The highest BCUT2D eigenvalue weighted by atomic mass is 16.5. The quantitative estimate of drug-likeness (QED) is 0.756. The van der Waals surface area contributed by atoms with Crippen molar-refractivity contribution >= 4 is 12.0 Å². The summed E-state index contributed by atoms with van der Waals surface area (Å²) in [6.07, 6.45) is 3.26. The average Bonchev–Trinajstić information content (AvgIpc) is 3.00. The number of methoxy groups -OCH3 is 1. The number of nitrogens with zero attached hydrogens (tertiary/aromatic N) is 1. The molecule has 1 unspecified atom stereocenters. The minimum absolute atomic E-state index is 0.0743. The monoisotopic (exact) mass is 320 g/mol. The lowest BCUT2D eigenvalue weighted by Gasteiger charge is -2.25. The Hall–Kier alpha value is -2.24. The van der Waals surface area contributed by atoms with Crippen LogP contribution in [0.15, 0.2) is 24.3 Å². The van der Waals surface area contributed by atoms with Crippen LogP contribution in [0.2, 0.25) is 0 Å². The lowest BCUT2D eigenvalue weighted by Crippen LogP contribution is -2.44. The van der Waals surface area contributed by atoms with Crippen molar-refractivity contribution in [3.8, 4) is 5.75 Å². The van der Waals surface area contributed by atoms with Gasteiger partial charge in [0.25, 0.3) is 0 Å². The molecule has 1 aromatic rings. The van der Waals surface area contributed by atoms with Crippen LogP contribution in [0.3, 0.4) is 0 Å². The molecule has 0 spiro atoms. The Labute approximate surface area is 136 Å². The summed E-state index contributed by atoms with van der Waals surface area (Å²) in [4.78, 5) is 24.6. The Balaban J connectivity index is 1.89. The normalized spacial score (nSPS) is 17.1. The standard InChI is InChI=1S/C17H24N2O4/c1-23-15-8-3-2-6-13(15)12-14-7-5-11-19(14)17(22)18-10-4-9-16(20)21/h2-3,6,8,14H,4-5,7,9-12H2,1H3,(H,18,22)(H,20,21). The molecule has 1 atom stereocenters. The highest BCUT2D eigenvalue weighted by molar-refractivity contribution is 5.75. The molecule has 0 saturated carbocycles. The maximum atomic E-state index is 12.3. The summed E-state index contributed by atoms with van der Waals surface area (Å²) >= 11 is 0.